The molecule has 0 radical (unpaired) electrons. The van der Waals surface area contributed by atoms with E-state index in [2.05, 4.69) is 66.1 Å². The third-order valence-electron chi connectivity index (χ3n) is 4.18. The lowest BCUT2D eigenvalue weighted by Crippen LogP contribution is -2.24. The zero-order valence-corrected chi connectivity index (χ0v) is 14.3. The van der Waals surface area contributed by atoms with Gasteiger partial charge in [-0.05, 0) is 49.2 Å². The van der Waals surface area contributed by atoms with Crippen molar-refractivity contribution in [2.75, 3.05) is 30.1 Å². The standard InChI is InChI=1S/C20H22N2O2/c1-15-6-4-8-17(10-15)21-13-19(12-20(23)24-3)22(14-21)18-9-5-7-16(2)11-18/h4-12H,13-14H2,1-3H3/b19-12+. The Bertz CT molecular complexity index is 783. The number of benzene rings is 2. The topological polar surface area (TPSA) is 32.8 Å². The van der Waals surface area contributed by atoms with Crippen LogP contribution >= 0.6 is 0 Å². The van der Waals surface area contributed by atoms with E-state index in [1.807, 2.05) is 6.07 Å². The van der Waals surface area contributed by atoms with Crippen molar-refractivity contribution in [2.24, 2.45) is 0 Å². The summed E-state index contributed by atoms with van der Waals surface area (Å²) in [4.78, 5) is 16.2. The van der Waals surface area contributed by atoms with Gasteiger partial charge in [0.25, 0.3) is 0 Å². The van der Waals surface area contributed by atoms with Crippen LogP contribution in [0.3, 0.4) is 0 Å². The molecule has 0 saturated carbocycles. The number of esters is 1. The van der Waals surface area contributed by atoms with Crippen LogP contribution in [0.2, 0.25) is 0 Å². The van der Waals surface area contributed by atoms with Gasteiger partial charge in [-0.3, -0.25) is 0 Å². The fraction of sp³-hybridized carbons (Fsp3) is 0.250. The molecule has 1 aliphatic rings. The lowest BCUT2D eigenvalue weighted by atomic mass is 10.2. The summed E-state index contributed by atoms with van der Waals surface area (Å²) in [6.07, 6.45) is 1.58. The van der Waals surface area contributed by atoms with E-state index in [0.717, 1.165) is 17.1 Å². The summed E-state index contributed by atoms with van der Waals surface area (Å²) in [5, 5.41) is 0. The maximum atomic E-state index is 11.8. The fourth-order valence-corrected chi connectivity index (χ4v) is 2.95. The molecule has 1 aliphatic heterocycles. The molecular formula is C20H22N2O2. The Morgan fingerprint density at radius 2 is 1.67 bits per heavy atom. The lowest BCUT2D eigenvalue weighted by molar-refractivity contribution is -0.134. The Labute approximate surface area is 143 Å². The van der Waals surface area contributed by atoms with Gasteiger partial charge in [-0.25, -0.2) is 4.79 Å². The molecule has 0 amide bonds. The molecule has 2 aromatic rings. The molecule has 1 fully saturated rings. The number of carbonyl (C=O) groups is 1. The number of methoxy groups -OCH3 is 1. The third-order valence-corrected chi connectivity index (χ3v) is 4.18. The minimum absolute atomic E-state index is 0.325. The summed E-state index contributed by atoms with van der Waals surface area (Å²) < 4.78 is 4.82. The Kier molecular flexibility index (Phi) is 4.56. The predicted molar refractivity (Wildman–Crippen MR) is 97.1 cm³/mol. The summed E-state index contributed by atoms with van der Waals surface area (Å²) in [6, 6.07) is 16.7. The average Bonchev–Trinajstić information content (AvgIpc) is 2.98. The van der Waals surface area contributed by atoms with Crippen LogP contribution in [0, 0.1) is 13.8 Å². The van der Waals surface area contributed by atoms with Crippen LogP contribution < -0.4 is 9.80 Å². The molecule has 1 heterocycles. The van der Waals surface area contributed by atoms with Crippen molar-refractivity contribution in [3.05, 3.63) is 71.4 Å². The Morgan fingerprint density at radius 1 is 1.04 bits per heavy atom. The molecule has 0 N–H and O–H groups in total. The van der Waals surface area contributed by atoms with Gasteiger partial charge in [0, 0.05) is 23.1 Å². The van der Waals surface area contributed by atoms with E-state index in [1.165, 1.54) is 18.2 Å². The molecular weight excluding hydrogens is 300 g/mol. The van der Waals surface area contributed by atoms with Crippen LogP contribution in [0.25, 0.3) is 0 Å². The lowest BCUT2D eigenvalue weighted by Gasteiger charge is -2.22. The second kappa shape index (κ2) is 6.79. The zero-order valence-electron chi connectivity index (χ0n) is 14.3. The molecule has 2 aromatic carbocycles. The first-order valence-corrected chi connectivity index (χ1v) is 8.01. The second-order valence-electron chi connectivity index (χ2n) is 6.10. The molecule has 4 nitrogen and oxygen atoms in total. The van der Waals surface area contributed by atoms with Gasteiger partial charge in [-0.1, -0.05) is 24.3 Å². The number of ether oxygens (including phenoxy) is 1. The van der Waals surface area contributed by atoms with Gasteiger partial charge in [0.1, 0.15) is 0 Å². The van der Waals surface area contributed by atoms with E-state index < -0.39 is 0 Å². The highest BCUT2D eigenvalue weighted by Crippen LogP contribution is 2.30. The van der Waals surface area contributed by atoms with Crippen LogP contribution in [0.5, 0.6) is 0 Å². The number of aryl methyl sites for hydroxylation is 2. The molecule has 4 heteroatoms. The third kappa shape index (κ3) is 3.43. The minimum atomic E-state index is -0.325. The Morgan fingerprint density at radius 3 is 2.29 bits per heavy atom. The van der Waals surface area contributed by atoms with E-state index >= 15 is 0 Å². The van der Waals surface area contributed by atoms with E-state index in [0.29, 0.717) is 13.2 Å². The first kappa shape index (κ1) is 16.1. The SMILES string of the molecule is COC(=O)/C=C1\CN(c2cccc(C)c2)CN1c1cccc(C)c1. The highest BCUT2D eigenvalue weighted by Gasteiger charge is 2.26. The molecule has 0 aromatic heterocycles. The normalized spacial score (nSPS) is 15.9. The molecule has 3 rings (SSSR count). The fourth-order valence-electron chi connectivity index (χ4n) is 2.95. The van der Waals surface area contributed by atoms with Crippen LogP contribution in [0.4, 0.5) is 11.4 Å². The number of nitrogens with zero attached hydrogens (tertiary/aromatic N) is 2. The van der Waals surface area contributed by atoms with E-state index in [9.17, 15) is 4.79 Å². The number of rotatable bonds is 3. The first-order chi connectivity index (χ1) is 11.6. The summed E-state index contributed by atoms with van der Waals surface area (Å²) >= 11 is 0. The molecule has 1 saturated heterocycles. The summed E-state index contributed by atoms with van der Waals surface area (Å²) in [7, 11) is 1.41. The number of hydrogen-bond acceptors (Lipinski definition) is 4. The smallest absolute Gasteiger partial charge is 0.332 e. The Hall–Kier alpha value is -2.75. The zero-order chi connectivity index (χ0) is 17.1. The monoisotopic (exact) mass is 322 g/mol. The molecule has 0 spiro atoms. The van der Waals surface area contributed by atoms with Crippen molar-refractivity contribution >= 4 is 17.3 Å². The first-order valence-electron chi connectivity index (χ1n) is 8.01. The van der Waals surface area contributed by atoms with Gasteiger partial charge in [-0.15, -0.1) is 0 Å². The van der Waals surface area contributed by atoms with Crippen molar-refractivity contribution in [1.82, 2.24) is 0 Å². The molecule has 0 unspecified atom stereocenters. The van der Waals surface area contributed by atoms with E-state index in [-0.39, 0.29) is 5.97 Å². The van der Waals surface area contributed by atoms with Crippen LogP contribution in [0.15, 0.2) is 60.3 Å². The maximum Gasteiger partial charge on any atom is 0.332 e. The maximum absolute atomic E-state index is 11.8. The average molecular weight is 322 g/mol. The van der Waals surface area contributed by atoms with E-state index in [4.69, 9.17) is 4.74 Å². The van der Waals surface area contributed by atoms with Gasteiger partial charge in [-0.2, -0.15) is 0 Å². The van der Waals surface area contributed by atoms with Crippen molar-refractivity contribution in [3.63, 3.8) is 0 Å². The van der Waals surface area contributed by atoms with Gasteiger partial charge in [0.2, 0.25) is 0 Å². The van der Waals surface area contributed by atoms with Gasteiger partial charge >= 0.3 is 5.97 Å². The summed E-state index contributed by atoms with van der Waals surface area (Å²) in [6.45, 7) is 5.53. The molecule has 24 heavy (non-hydrogen) atoms. The highest BCUT2D eigenvalue weighted by atomic mass is 16.5. The number of hydrogen-bond donors (Lipinski definition) is 0. The number of carbonyl (C=O) groups excluding carboxylic acids is 1. The van der Waals surface area contributed by atoms with Gasteiger partial charge in [0.05, 0.1) is 20.3 Å². The van der Waals surface area contributed by atoms with Crippen LogP contribution in [-0.2, 0) is 9.53 Å². The van der Waals surface area contributed by atoms with Crippen LogP contribution in [-0.4, -0.2) is 26.3 Å². The second-order valence-corrected chi connectivity index (χ2v) is 6.10. The number of anilines is 2. The van der Waals surface area contributed by atoms with Gasteiger partial charge in [0.15, 0.2) is 0 Å². The van der Waals surface area contributed by atoms with Crippen molar-refractivity contribution in [3.8, 4) is 0 Å². The predicted octanol–water partition coefficient (Wildman–Crippen LogP) is 3.64. The van der Waals surface area contributed by atoms with E-state index in [1.54, 1.807) is 6.08 Å². The molecule has 0 aliphatic carbocycles. The highest BCUT2D eigenvalue weighted by molar-refractivity contribution is 5.84. The molecule has 124 valence electrons. The molecule has 0 atom stereocenters. The summed E-state index contributed by atoms with van der Waals surface area (Å²) in [5.74, 6) is -0.325. The van der Waals surface area contributed by atoms with Gasteiger partial charge < -0.3 is 14.5 Å². The Balaban J connectivity index is 1.95. The largest absolute Gasteiger partial charge is 0.466 e. The van der Waals surface area contributed by atoms with Crippen molar-refractivity contribution in [2.45, 2.75) is 13.8 Å². The molecule has 0 bridgehead atoms. The van der Waals surface area contributed by atoms with Crippen molar-refractivity contribution < 1.29 is 9.53 Å². The van der Waals surface area contributed by atoms with Crippen LogP contribution in [0.1, 0.15) is 11.1 Å². The minimum Gasteiger partial charge on any atom is -0.466 e. The van der Waals surface area contributed by atoms with Crippen molar-refractivity contribution in [1.29, 1.82) is 0 Å². The quantitative estimate of drug-likeness (QED) is 0.638. The summed E-state index contributed by atoms with van der Waals surface area (Å²) in [5.41, 5.74) is 5.59.